The van der Waals surface area contributed by atoms with Crippen LogP contribution < -0.4 is 10.6 Å². The van der Waals surface area contributed by atoms with Crippen LogP contribution in [0.4, 0.5) is 11.1 Å². The van der Waals surface area contributed by atoms with Crippen LogP contribution in [0.5, 0.6) is 0 Å². The molecule has 0 spiro atoms. The molecule has 1 aromatic carbocycles. The Balaban J connectivity index is 1.68. The largest absolute Gasteiger partial charge is 0.358 e. The quantitative estimate of drug-likeness (QED) is 0.646. The minimum atomic E-state index is -0.263. The molecule has 2 N–H and O–H groups in total. The second kappa shape index (κ2) is 7.51. The molecule has 8 heteroatoms. The summed E-state index contributed by atoms with van der Waals surface area (Å²) in [7, 11) is 0. The predicted octanol–water partition coefficient (Wildman–Crippen LogP) is 2.63. The molecule has 3 aromatic rings. The van der Waals surface area contributed by atoms with Gasteiger partial charge in [-0.2, -0.15) is 0 Å². The first-order chi connectivity index (χ1) is 11.8. The van der Waals surface area contributed by atoms with Crippen molar-refractivity contribution in [1.29, 1.82) is 0 Å². The maximum atomic E-state index is 12.3. The Morgan fingerprint density at radius 3 is 2.96 bits per heavy atom. The molecule has 0 atom stereocenters. The topological polar surface area (TPSA) is 84.7 Å². The van der Waals surface area contributed by atoms with Crippen LogP contribution in [0.2, 0.25) is 0 Å². The highest BCUT2D eigenvalue weighted by atomic mass is 32.1. The van der Waals surface area contributed by atoms with Crippen molar-refractivity contribution in [2.75, 3.05) is 17.2 Å². The Hall–Kier alpha value is -3.00. The number of aromatic nitrogens is 4. The van der Waals surface area contributed by atoms with Gasteiger partial charge in [0, 0.05) is 6.54 Å². The summed E-state index contributed by atoms with van der Waals surface area (Å²) in [5.74, 6) is 0.138. The summed E-state index contributed by atoms with van der Waals surface area (Å²) in [6, 6.07) is 9.90. The molecule has 0 saturated heterocycles. The SMILES string of the molecule is C=CCNc1ncc(C(=O)Nc2nncn2Cc2ccccc2)s1. The van der Waals surface area contributed by atoms with Crippen molar-refractivity contribution in [3.8, 4) is 0 Å². The van der Waals surface area contributed by atoms with E-state index in [-0.39, 0.29) is 5.91 Å². The van der Waals surface area contributed by atoms with Crippen molar-refractivity contribution < 1.29 is 4.79 Å². The molecule has 0 radical (unpaired) electrons. The molecule has 2 aromatic heterocycles. The minimum absolute atomic E-state index is 0.263. The van der Waals surface area contributed by atoms with E-state index in [1.165, 1.54) is 17.5 Å². The van der Waals surface area contributed by atoms with Crippen LogP contribution in [0.3, 0.4) is 0 Å². The van der Waals surface area contributed by atoms with Gasteiger partial charge in [-0.15, -0.1) is 16.8 Å². The summed E-state index contributed by atoms with van der Waals surface area (Å²) < 4.78 is 1.78. The molecule has 3 rings (SSSR count). The highest BCUT2D eigenvalue weighted by Gasteiger charge is 2.14. The monoisotopic (exact) mass is 340 g/mol. The minimum Gasteiger partial charge on any atom is -0.358 e. The third-order valence-corrected chi connectivity index (χ3v) is 4.12. The van der Waals surface area contributed by atoms with Crippen molar-refractivity contribution in [2.45, 2.75) is 6.54 Å². The number of nitrogens with one attached hydrogen (secondary N) is 2. The van der Waals surface area contributed by atoms with Crippen LogP contribution in [0.15, 0.2) is 55.5 Å². The summed E-state index contributed by atoms with van der Waals surface area (Å²) >= 11 is 1.27. The first-order valence-electron chi connectivity index (χ1n) is 7.30. The molecule has 0 fully saturated rings. The molecule has 7 nitrogen and oxygen atoms in total. The molecule has 0 saturated carbocycles. The molecule has 2 heterocycles. The number of hydrogen-bond acceptors (Lipinski definition) is 6. The lowest BCUT2D eigenvalue weighted by molar-refractivity contribution is 0.102. The summed E-state index contributed by atoms with van der Waals surface area (Å²) in [5.41, 5.74) is 1.10. The molecule has 1 amide bonds. The van der Waals surface area contributed by atoms with Gasteiger partial charge in [-0.1, -0.05) is 47.7 Å². The zero-order valence-electron chi connectivity index (χ0n) is 12.8. The van der Waals surface area contributed by atoms with Gasteiger partial charge in [0.25, 0.3) is 5.91 Å². The summed E-state index contributed by atoms with van der Waals surface area (Å²) in [6.07, 6.45) is 4.85. The fraction of sp³-hybridized carbons (Fsp3) is 0.125. The molecular formula is C16H16N6OS. The van der Waals surface area contributed by atoms with Gasteiger partial charge in [-0.05, 0) is 5.56 Å². The number of thiazole rings is 1. The number of carbonyl (C=O) groups excluding carboxylic acids is 1. The van der Waals surface area contributed by atoms with Crippen molar-refractivity contribution in [2.24, 2.45) is 0 Å². The van der Waals surface area contributed by atoms with E-state index in [0.29, 0.717) is 29.0 Å². The van der Waals surface area contributed by atoms with Gasteiger partial charge in [0.15, 0.2) is 5.13 Å². The second-order valence-electron chi connectivity index (χ2n) is 4.92. The average Bonchev–Trinajstić information content (AvgIpc) is 3.24. The normalized spacial score (nSPS) is 10.3. The molecule has 0 aliphatic carbocycles. The van der Waals surface area contributed by atoms with Gasteiger partial charge in [0.05, 0.1) is 12.7 Å². The number of rotatable bonds is 7. The van der Waals surface area contributed by atoms with E-state index in [4.69, 9.17) is 0 Å². The molecule has 0 bridgehead atoms. The molecule has 0 aliphatic heterocycles. The molecule has 122 valence electrons. The van der Waals surface area contributed by atoms with E-state index < -0.39 is 0 Å². The highest BCUT2D eigenvalue weighted by Crippen LogP contribution is 2.19. The zero-order valence-corrected chi connectivity index (χ0v) is 13.7. The standard InChI is InChI=1S/C16H16N6OS/c1-2-8-17-16-18-9-13(24-16)14(23)20-15-21-19-11-22(15)10-12-6-4-3-5-7-12/h2-7,9,11H,1,8,10H2,(H,17,18)(H,20,21,23). The van der Waals surface area contributed by atoms with Crippen molar-refractivity contribution in [1.82, 2.24) is 19.7 Å². The van der Waals surface area contributed by atoms with E-state index in [1.54, 1.807) is 17.0 Å². The lowest BCUT2D eigenvalue weighted by Gasteiger charge is -2.07. The van der Waals surface area contributed by atoms with Gasteiger partial charge in [-0.3, -0.25) is 14.7 Å². The predicted molar refractivity (Wildman–Crippen MR) is 94.3 cm³/mol. The number of anilines is 2. The van der Waals surface area contributed by atoms with Crippen LogP contribution in [0.25, 0.3) is 0 Å². The van der Waals surface area contributed by atoms with Crippen LogP contribution in [-0.4, -0.2) is 32.2 Å². The Morgan fingerprint density at radius 2 is 2.17 bits per heavy atom. The number of hydrogen-bond donors (Lipinski definition) is 2. The maximum Gasteiger partial charge on any atom is 0.269 e. The number of amides is 1. The van der Waals surface area contributed by atoms with Crippen LogP contribution in [-0.2, 0) is 6.54 Å². The van der Waals surface area contributed by atoms with Gasteiger partial charge in [0.1, 0.15) is 11.2 Å². The lowest BCUT2D eigenvalue weighted by atomic mass is 10.2. The van der Waals surface area contributed by atoms with Gasteiger partial charge < -0.3 is 5.32 Å². The van der Waals surface area contributed by atoms with Crippen LogP contribution in [0.1, 0.15) is 15.2 Å². The third-order valence-electron chi connectivity index (χ3n) is 3.16. The van der Waals surface area contributed by atoms with Crippen molar-refractivity contribution in [3.63, 3.8) is 0 Å². The summed E-state index contributed by atoms with van der Waals surface area (Å²) in [6.45, 7) is 4.81. The highest BCUT2D eigenvalue weighted by molar-refractivity contribution is 7.17. The van der Waals surface area contributed by atoms with Gasteiger partial charge in [0.2, 0.25) is 5.95 Å². The van der Waals surface area contributed by atoms with E-state index in [2.05, 4.69) is 32.4 Å². The molecule has 0 aliphatic rings. The molecule has 0 unspecified atom stereocenters. The first kappa shape index (κ1) is 15.9. The maximum absolute atomic E-state index is 12.3. The zero-order chi connectivity index (χ0) is 16.8. The van der Waals surface area contributed by atoms with Crippen LogP contribution in [0, 0.1) is 0 Å². The summed E-state index contributed by atoms with van der Waals surface area (Å²) in [5, 5.41) is 14.3. The Labute approximate surface area is 143 Å². The second-order valence-corrected chi connectivity index (χ2v) is 5.95. The Bertz CT molecular complexity index is 826. The third kappa shape index (κ3) is 3.85. The molecule has 24 heavy (non-hydrogen) atoms. The van der Waals surface area contributed by atoms with E-state index in [1.807, 2.05) is 30.3 Å². The fourth-order valence-corrected chi connectivity index (χ4v) is 2.75. The van der Waals surface area contributed by atoms with Crippen molar-refractivity contribution >= 4 is 28.3 Å². The van der Waals surface area contributed by atoms with E-state index in [0.717, 1.165) is 5.56 Å². The smallest absolute Gasteiger partial charge is 0.269 e. The summed E-state index contributed by atoms with van der Waals surface area (Å²) in [4.78, 5) is 17.0. The Morgan fingerprint density at radius 1 is 1.33 bits per heavy atom. The van der Waals surface area contributed by atoms with Gasteiger partial charge >= 0.3 is 0 Å². The number of carbonyl (C=O) groups is 1. The van der Waals surface area contributed by atoms with E-state index in [9.17, 15) is 4.79 Å². The van der Waals surface area contributed by atoms with Crippen molar-refractivity contribution in [3.05, 3.63) is 66.0 Å². The Kier molecular flexibility index (Phi) is 4.97. The van der Waals surface area contributed by atoms with E-state index >= 15 is 0 Å². The van der Waals surface area contributed by atoms with Crippen LogP contribution >= 0.6 is 11.3 Å². The fourth-order valence-electron chi connectivity index (χ4n) is 2.03. The lowest BCUT2D eigenvalue weighted by Crippen LogP contribution is -2.15. The average molecular weight is 340 g/mol. The molecular weight excluding hydrogens is 324 g/mol. The van der Waals surface area contributed by atoms with Gasteiger partial charge in [-0.25, -0.2) is 4.98 Å². The first-order valence-corrected chi connectivity index (χ1v) is 8.11. The number of benzene rings is 1. The number of nitrogens with zero attached hydrogens (tertiary/aromatic N) is 4.